The Labute approximate surface area is 172 Å². The van der Waals surface area contributed by atoms with Crippen LogP contribution in [0, 0.1) is 0 Å². The van der Waals surface area contributed by atoms with E-state index in [1.807, 2.05) is 19.0 Å². The second kappa shape index (κ2) is 7.54. The Hall–Kier alpha value is -2.83. The zero-order valence-corrected chi connectivity index (χ0v) is 16.9. The van der Waals surface area contributed by atoms with Gasteiger partial charge in [0.15, 0.2) is 5.43 Å². The number of carbonyl (C=O) groups excluding carboxylic acids is 1. The van der Waals surface area contributed by atoms with Crippen molar-refractivity contribution in [2.45, 2.75) is 12.5 Å². The summed E-state index contributed by atoms with van der Waals surface area (Å²) in [7, 11) is 3.93. The van der Waals surface area contributed by atoms with E-state index in [2.05, 4.69) is 0 Å². The summed E-state index contributed by atoms with van der Waals surface area (Å²) in [5.74, 6) is -0.186. The molecule has 150 valence electrons. The molecule has 29 heavy (non-hydrogen) atoms. The van der Waals surface area contributed by atoms with E-state index in [9.17, 15) is 14.7 Å². The number of nitrogens with zero attached hydrogens (tertiary/aromatic N) is 2. The van der Waals surface area contributed by atoms with Gasteiger partial charge in [0.1, 0.15) is 11.3 Å². The van der Waals surface area contributed by atoms with Gasteiger partial charge in [-0.3, -0.25) is 9.59 Å². The fourth-order valence-corrected chi connectivity index (χ4v) is 3.99. The maximum Gasteiger partial charge on any atom is 0.290 e. The molecule has 0 spiro atoms. The number of hydrogen-bond acceptors (Lipinski definition) is 5. The van der Waals surface area contributed by atoms with Crippen LogP contribution in [0.2, 0.25) is 5.02 Å². The standard InChI is InChI=1S/C22H21ClN2O4/c1-24(2)9-4-10-25-19(13-5-3-6-15(26)11-13)18-20(27)16-12-14(23)7-8-17(16)29-21(18)22(25)28/h3,5-8,11-12,19,26H,4,9-10H2,1-2H3/t19-/m0/s1. The smallest absolute Gasteiger partial charge is 0.290 e. The molecule has 7 heteroatoms. The Balaban J connectivity index is 1.89. The Morgan fingerprint density at radius 1 is 1.17 bits per heavy atom. The van der Waals surface area contributed by atoms with Crippen molar-refractivity contribution in [3.63, 3.8) is 0 Å². The van der Waals surface area contributed by atoms with Crippen LogP contribution >= 0.6 is 11.6 Å². The van der Waals surface area contributed by atoms with Gasteiger partial charge in [0, 0.05) is 11.6 Å². The van der Waals surface area contributed by atoms with Crippen LogP contribution in [0.15, 0.2) is 51.7 Å². The van der Waals surface area contributed by atoms with Crippen LogP contribution in [0.4, 0.5) is 0 Å². The minimum absolute atomic E-state index is 0.0584. The number of halogens is 1. The molecule has 0 saturated carbocycles. The molecule has 1 atom stereocenters. The molecule has 1 amide bonds. The van der Waals surface area contributed by atoms with Crippen LogP contribution < -0.4 is 5.43 Å². The summed E-state index contributed by atoms with van der Waals surface area (Å²) in [6.45, 7) is 1.25. The van der Waals surface area contributed by atoms with Crippen LogP contribution in [0.5, 0.6) is 5.75 Å². The predicted octanol–water partition coefficient (Wildman–Crippen LogP) is 3.65. The lowest BCUT2D eigenvalue weighted by molar-refractivity contribution is 0.0722. The molecule has 6 nitrogen and oxygen atoms in total. The Morgan fingerprint density at radius 2 is 1.97 bits per heavy atom. The second-order valence-corrected chi connectivity index (χ2v) is 7.90. The minimum Gasteiger partial charge on any atom is -0.508 e. The highest BCUT2D eigenvalue weighted by atomic mass is 35.5. The summed E-state index contributed by atoms with van der Waals surface area (Å²) < 4.78 is 5.87. The molecule has 0 radical (unpaired) electrons. The molecule has 1 aliphatic heterocycles. The topological polar surface area (TPSA) is 74.0 Å². The first kappa shape index (κ1) is 19.5. The summed E-state index contributed by atoms with van der Waals surface area (Å²) in [5, 5.41) is 10.7. The number of fused-ring (bicyclic) bond motifs is 2. The number of hydrogen-bond donors (Lipinski definition) is 1. The van der Waals surface area contributed by atoms with Crippen LogP contribution in [0.1, 0.15) is 34.1 Å². The second-order valence-electron chi connectivity index (χ2n) is 7.47. The number of phenolic OH excluding ortho intramolecular Hbond substituents is 1. The Kier molecular flexibility index (Phi) is 5.06. The average molecular weight is 413 g/mol. The van der Waals surface area contributed by atoms with E-state index in [1.165, 1.54) is 0 Å². The first-order valence-electron chi connectivity index (χ1n) is 9.37. The third kappa shape index (κ3) is 3.50. The van der Waals surface area contributed by atoms with E-state index in [0.29, 0.717) is 33.7 Å². The Morgan fingerprint density at radius 3 is 2.69 bits per heavy atom. The third-order valence-corrected chi connectivity index (χ3v) is 5.35. The first-order valence-corrected chi connectivity index (χ1v) is 9.75. The molecule has 0 bridgehead atoms. The van der Waals surface area contributed by atoms with Gasteiger partial charge in [-0.2, -0.15) is 0 Å². The van der Waals surface area contributed by atoms with Crippen LogP contribution in [-0.4, -0.2) is 48.0 Å². The van der Waals surface area contributed by atoms with Gasteiger partial charge in [-0.25, -0.2) is 0 Å². The lowest BCUT2D eigenvalue weighted by atomic mass is 9.98. The molecule has 0 unspecified atom stereocenters. The van der Waals surface area contributed by atoms with E-state index in [-0.39, 0.29) is 22.8 Å². The van der Waals surface area contributed by atoms with Gasteiger partial charge in [0.25, 0.3) is 5.91 Å². The normalized spacial score (nSPS) is 16.1. The summed E-state index contributed by atoms with van der Waals surface area (Å²) in [5.41, 5.74) is 1.01. The molecule has 4 rings (SSSR count). The molecule has 0 saturated heterocycles. The minimum atomic E-state index is -0.619. The van der Waals surface area contributed by atoms with Crippen molar-refractivity contribution in [2.75, 3.05) is 27.2 Å². The zero-order valence-electron chi connectivity index (χ0n) is 16.2. The molecule has 2 heterocycles. The SMILES string of the molecule is CN(C)CCCN1C(=O)c2oc3ccc(Cl)cc3c(=O)c2[C@@H]1c1cccc(O)c1. The van der Waals surface area contributed by atoms with Gasteiger partial charge >= 0.3 is 0 Å². The first-order chi connectivity index (χ1) is 13.9. The number of benzene rings is 2. The van der Waals surface area contributed by atoms with Crippen LogP contribution in [0.25, 0.3) is 11.0 Å². The number of carbonyl (C=O) groups is 1. The Bertz CT molecular complexity index is 1160. The average Bonchev–Trinajstić information content (AvgIpc) is 2.95. The number of phenols is 1. The molecule has 3 aromatic rings. The highest BCUT2D eigenvalue weighted by Gasteiger charge is 2.42. The zero-order chi connectivity index (χ0) is 20.7. The van der Waals surface area contributed by atoms with Gasteiger partial charge in [-0.1, -0.05) is 23.7 Å². The van der Waals surface area contributed by atoms with Gasteiger partial charge < -0.3 is 19.3 Å². The van der Waals surface area contributed by atoms with Crippen LogP contribution in [-0.2, 0) is 0 Å². The van der Waals surface area contributed by atoms with Gasteiger partial charge in [0.2, 0.25) is 5.76 Å². The molecule has 0 fully saturated rings. The van der Waals surface area contributed by atoms with Gasteiger partial charge in [0.05, 0.1) is 17.0 Å². The van der Waals surface area contributed by atoms with Crippen LogP contribution in [0.3, 0.4) is 0 Å². The highest BCUT2D eigenvalue weighted by Crippen LogP contribution is 2.39. The fourth-order valence-electron chi connectivity index (χ4n) is 3.82. The molecule has 1 aromatic heterocycles. The van der Waals surface area contributed by atoms with E-state index in [4.69, 9.17) is 16.0 Å². The van der Waals surface area contributed by atoms with Crippen molar-refractivity contribution in [2.24, 2.45) is 0 Å². The van der Waals surface area contributed by atoms with E-state index in [0.717, 1.165) is 13.0 Å². The number of amides is 1. The van der Waals surface area contributed by atoms with Crippen molar-refractivity contribution in [1.82, 2.24) is 9.80 Å². The van der Waals surface area contributed by atoms with Gasteiger partial charge in [-0.15, -0.1) is 0 Å². The summed E-state index contributed by atoms with van der Waals surface area (Å²) >= 11 is 6.08. The van der Waals surface area contributed by atoms with Crippen molar-refractivity contribution in [3.05, 3.63) is 74.6 Å². The molecular weight excluding hydrogens is 392 g/mol. The molecule has 1 N–H and O–H groups in total. The van der Waals surface area contributed by atoms with Crippen molar-refractivity contribution in [3.8, 4) is 5.75 Å². The lowest BCUT2D eigenvalue weighted by Gasteiger charge is -2.25. The monoisotopic (exact) mass is 412 g/mol. The van der Waals surface area contributed by atoms with Crippen molar-refractivity contribution < 1.29 is 14.3 Å². The molecule has 0 aliphatic carbocycles. The van der Waals surface area contributed by atoms with Crippen molar-refractivity contribution in [1.29, 1.82) is 0 Å². The molecule has 2 aromatic carbocycles. The van der Waals surface area contributed by atoms with E-state index >= 15 is 0 Å². The van der Waals surface area contributed by atoms with E-state index in [1.54, 1.807) is 47.4 Å². The largest absolute Gasteiger partial charge is 0.508 e. The maximum atomic E-state index is 13.3. The lowest BCUT2D eigenvalue weighted by Crippen LogP contribution is -2.32. The fraction of sp³-hybridized carbons (Fsp3) is 0.273. The van der Waals surface area contributed by atoms with E-state index < -0.39 is 6.04 Å². The summed E-state index contributed by atoms with van der Waals surface area (Å²) in [6.07, 6.45) is 0.738. The number of aromatic hydroxyl groups is 1. The molecule has 1 aliphatic rings. The molecular formula is C22H21ClN2O4. The van der Waals surface area contributed by atoms with Gasteiger partial charge in [-0.05, 0) is 63.0 Å². The summed E-state index contributed by atoms with van der Waals surface area (Å²) in [6, 6.07) is 10.8. The third-order valence-electron chi connectivity index (χ3n) is 5.12. The summed E-state index contributed by atoms with van der Waals surface area (Å²) in [4.78, 5) is 30.2. The maximum absolute atomic E-state index is 13.3. The highest BCUT2D eigenvalue weighted by molar-refractivity contribution is 6.31. The van der Waals surface area contributed by atoms with Crippen molar-refractivity contribution >= 4 is 28.5 Å². The quantitative estimate of drug-likeness (QED) is 0.692. The number of rotatable bonds is 5. The predicted molar refractivity (Wildman–Crippen MR) is 112 cm³/mol.